The SMILES string of the molecule is C#CCNC(=NCC(c1cccc(C)c1)N1CCOCC1)NCC.I. The van der Waals surface area contributed by atoms with E-state index in [9.17, 15) is 0 Å². The third-order valence-corrected chi connectivity index (χ3v) is 4.04. The standard InChI is InChI=1S/C19H28N4O.HI/c1-4-9-21-19(20-5-2)22-15-18(23-10-12-24-13-11-23)17-8-6-7-16(3)14-17;/h1,6-8,14,18H,5,9-13,15H2,2-3H3,(H2,20,21,22);1H. The molecule has 1 aromatic rings. The molecule has 0 spiro atoms. The van der Waals surface area contributed by atoms with E-state index in [2.05, 4.69) is 52.6 Å². The highest BCUT2D eigenvalue weighted by molar-refractivity contribution is 14.0. The zero-order chi connectivity index (χ0) is 17.2. The quantitative estimate of drug-likeness (QED) is 0.298. The molecule has 2 N–H and O–H groups in total. The van der Waals surface area contributed by atoms with Crippen LogP contribution in [0.4, 0.5) is 0 Å². The van der Waals surface area contributed by atoms with E-state index in [-0.39, 0.29) is 30.0 Å². The number of ether oxygens (including phenoxy) is 1. The number of nitrogens with one attached hydrogen (secondary N) is 2. The molecule has 1 atom stereocenters. The van der Waals surface area contributed by atoms with E-state index in [1.165, 1.54) is 11.1 Å². The number of guanidine groups is 1. The summed E-state index contributed by atoms with van der Waals surface area (Å²) in [5.41, 5.74) is 2.57. The van der Waals surface area contributed by atoms with Crippen molar-refractivity contribution >= 4 is 29.9 Å². The lowest BCUT2D eigenvalue weighted by molar-refractivity contribution is 0.0179. The molecular formula is C19H29IN4O. The molecule has 1 unspecified atom stereocenters. The maximum atomic E-state index is 5.50. The van der Waals surface area contributed by atoms with E-state index in [4.69, 9.17) is 16.2 Å². The number of hydrogen-bond donors (Lipinski definition) is 2. The Bertz CT molecular complexity index is 579. The molecule has 2 rings (SSSR count). The molecule has 138 valence electrons. The van der Waals surface area contributed by atoms with Gasteiger partial charge < -0.3 is 15.4 Å². The lowest BCUT2D eigenvalue weighted by Gasteiger charge is -2.34. The van der Waals surface area contributed by atoms with Gasteiger partial charge in [0.2, 0.25) is 0 Å². The van der Waals surface area contributed by atoms with Gasteiger partial charge in [0.15, 0.2) is 5.96 Å². The Hall–Kier alpha value is -1.30. The molecule has 0 aliphatic carbocycles. The smallest absolute Gasteiger partial charge is 0.192 e. The zero-order valence-corrected chi connectivity index (χ0v) is 17.5. The maximum Gasteiger partial charge on any atom is 0.192 e. The first kappa shape index (κ1) is 21.7. The zero-order valence-electron chi connectivity index (χ0n) is 15.1. The number of rotatable bonds is 6. The number of nitrogens with zero attached hydrogens (tertiary/aromatic N) is 2. The molecule has 1 fully saturated rings. The lowest BCUT2D eigenvalue weighted by atomic mass is 10.0. The summed E-state index contributed by atoms with van der Waals surface area (Å²) in [6.45, 7) is 9.56. The monoisotopic (exact) mass is 456 g/mol. The Morgan fingerprint density at radius 2 is 2.12 bits per heavy atom. The van der Waals surface area contributed by atoms with Gasteiger partial charge in [-0.3, -0.25) is 9.89 Å². The van der Waals surface area contributed by atoms with Crippen LogP contribution in [0.2, 0.25) is 0 Å². The Morgan fingerprint density at radius 1 is 1.36 bits per heavy atom. The Balaban J connectivity index is 0.00000312. The maximum absolute atomic E-state index is 5.50. The largest absolute Gasteiger partial charge is 0.379 e. The predicted molar refractivity (Wildman–Crippen MR) is 115 cm³/mol. The molecule has 0 amide bonds. The van der Waals surface area contributed by atoms with Gasteiger partial charge in [-0.2, -0.15) is 0 Å². The first-order valence-electron chi connectivity index (χ1n) is 8.58. The van der Waals surface area contributed by atoms with Crippen molar-refractivity contribution in [3.63, 3.8) is 0 Å². The van der Waals surface area contributed by atoms with Crippen LogP contribution in [0, 0.1) is 19.3 Å². The molecule has 1 aromatic carbocycles. The Morgan fingerprint density at radius 3 is 2.76 bits per heavy atom. The van der Waals surface area contributed by atoms with Crippen LogP contribution in [0.25, 0.3) is 0 Å². The Kier molecular flexibility index (Phi) is 10.5. The molecule has 0 saturated carbocycles. The van der Waals surface area contributed by atoms with E-state index in [0.29, 0.717) is 13.1 Å². The molecule has 0 bridgehead atoms. The van der Waals surface area contributed by atoms with Crippen LogP contribution in [0.3, 0.4) is 0 Å². The molecule has 1 saturated heterocycles. The summed E-state index contributed by atoms with van der Waals surface area (Å²) in [4.78, 5) is 7.20. The van der Waals surface area contributed by atoms with Crippen LogP contribution >= 0.6 is 24.0 Å². The minimum Gasteiger partial charge on any atom is -0.379 e. The number of hydrogen-bond acceptors (Lipinski definition) is 3. The third kappa shape index (κ3) is 7.22. The van der Waals surface area contributed by atoms with Crippen LogP contribution in [0.5, 0.6) is 0 Å². The summed E-state index contributed by atoms with van der Waals surface area (Å²) in [5, 5.41) is 6.39. The van der Waals surface area contributed by atoms with Crippen molar-refractivity contribution in [3.05, 3.63) is 35.4 Å². The van der Waals surface area contributed by atoms with Gasteiger partial charge in [-0.25, -0.2) is 0 Å². The van der Waals surface area contributed by atoms with Gasteiger partial charge in [0, 0.05) is 19.6 Å². The second-order valence-electron chi connectivity index (χ2n) is 5.86. The van der Waals surface area contributed by atoms with E-state index in [1.54, 1.807) is 0 Å². The number of benzene rings is 1. The van der Waals surface area contributed by atoms with Gasteiger partial charge in [0.1, 0.15) is 0 Å². The molecule has 0 aromatic heterocycles. The van der Waals surface area contributed by atoms with Gasteiger partial charge in [-0.05, 0) is 19.4 Å². The number of terminal acetylenes is 1. The highest BCUT2D eigenvalue weighted by Crippen LogP contribution is 2.23. The van der Waals surface area contributed by atoms with Gasteiger partial charge in [-0.15, -0.1) is 30.4 Å². The summed E-state index contributed by atoms with van der Waals surface area (Å²) < 4.78 is 5.50. The Labute approximate surface area is 168 Å². The fraction of sp³-hybridized carbons (Fsp3) is 0.526. The molecule has 1 aliphatic rings. The van der Waals surface area contributed by atoms with Crippen molar-refractivity contribution < 1.29 is 4.74 Å². The fourth-order valence-electron chi connectivity index (χ4n) is 2.85. The summed E-state index contributed by atoms with van der Waals surface area (Å²) in [5.74, 6) is 3.35. The van der Waals surface area contributed by atoms with E-state index >= 15 is 0 Å². The molecular weight excluding hydrogens is 427 g/mol. The van der Waals surface area contributed by atoms with Crippen molar-refractivity contribution in [2.75, 3.05) is 45.9 Å². The normalized spacial score (nSPS) is 16.4. The van der Waals surface area contributed by atoms with Crippen LogP contribution in [-0.2, 0) is 4.74 Å². The van der Waals surface area contributed by atoms with Crippen LogP contribution in [0.15, 0.2) is 29.3 Å². The highest BCUT2D eigenvalue weighted by atomic mass is 127. The fourth-order valence-corrected chi connectivity index (χ4v) is 2.85. The third-order valence-electron chi connectivity index (χ3n) is 4.04. The molecule has 6 heteroatoms. The topological polar surface area (TPSA) is 48.9 Å². The van der Waals surface area contributed by atoms with Crippen molar-refractivity contribution in [2.24, 2.45) is 4.99 Å². The van der Waals surface area contributed by atoms with Gasteiger partial charge in [0.25, 0.3) is 0 Å². The van der Waals surface area contributed by atoms with Gasteiger partial charge in [-0.1, -0.05) is 35.7 Å². The minimum absolute atomic E-state index is 0. The summed E-state index contributed by atoms with van der Waals surface area (Å²) in [6.07, 6.45) is 5.34. The molecule has 25 heavy (non-hydrogen) atoms. The molecule has 0 radical (unpaired) electrons. The molecule has 1 heterocycles. The summed E-state index contributed by atoms with van der Waals surface area (Å²) >= 11 is 0. The van der Waals surface area contributed by atoms with Crippen molar-refractivity contribution in [1.82, 2.24) is 15.5 Å². The van der Waals surface area contributed by atoms with Crippen molar-refractivity contribution in [1.29, 1.82) is 0 Å². The van der Waals surface area contributed by atoms with Gasteiger partial charge in [0.05, 0.1) is 32.3 Å². The lowest BCUT2D eigenvalue weighted by Crippen LogP contribution is -2.42. The first-order chi connectivity index (χ1) is 11.7. The minimum atomic E-state index is 0. The van der Waals surface area contributed by atoms with Crippen molar-refractivity contribution in [2.45, 2.75) is 19.9 Å². The first-order valence-corrected chi connectivity index (χ1v) is 8.58. The second-order valence-corrected chi connectivity index (χ2v) is 5.86. The average molecular weight is 456 g/mol. The van der Waals surface area contributed by atoms with Crippen LogP contribution in [-0.4, -0.2) is 56.8 Å². The number of aliphatic imine (C=N–C) groups is 1. The summed E-state index contributed by atoms with van der Waals surface area (Å²) in [6, 6.07) is 8.92. The molecule has 1 aliphatic heterocycles. The van der Waals surface area contributed by atoms with E-state index in [0.717, 1.165) is 38.8 Å². The van der Waals surface area contributed by atoms with E-state index < -0.39 is 0 Å². The number of halogens is 1. The summed E-state index contributed by atoms with van der Waals surface area (Å²) in [7, 11) is 0. The predicted octanol–water partition coefficient (Wildman–Crippen LogP) is 2.17. The van der Waals surface area contributed by atoms with Crippen LogP contribution < -0.4 is 10.6 Å². The van der Waals surface area contributed by atoms with Gasteiger partial charge >= 0.3 is 0 Å². The second kappa shape index (κ2) is 12.1. The van der Waals surface area contributed by atoms with Crippen LogP contribution in [0.1, 0.15) is 24.1 Å². The number of aryl methyl sites for hydroxylation is 1. The van der Waals surface area contributed by atoms with Crippen molar-refractivity contribution in [3.8, 4) is 12.3 Å². The average Bonchev–Trinajstić information content (AvgIpc) is 2.61. The highest BCUT2D eigenvalue weighted by Gasteiger charge is 2.22. The van der Waals surface area contributed by atoms with E-state index in [1.807, 2.05) is 6.92 Å². The molecule has 5 nitrogen and oxygen atoms in total. The number of morpholine rings is 1.